The van der Waals surface area contributed by atoms with Gasteiger partial charge in [0.2, 0.25) is 0 Å². The second-order valence-corrected chi connectivity index (χ2v) is 12.9. The lowest BCUT2D eigenvalue weighted by Gasteiger charge is -2.32. The molecule has 0 saturated carbocycles. The number of hydrogen-bond donors (Lipinski definition) is 0. The van der Waals surface area contributed by atoms with Crippen LogP contribution in [-0.4, -0.2) is 38.1 Å². The minimum atomic E-state index is -1.16. The van der Waals surface area contributed by atoms with Crippen LogP contribution in [0.2, 0.25) is 0 Å². The van der Waals surface area contributed by atoms with E-state index >= 15 is 0 Å². The van der Waals surface area contributed by atoms with E-state index in [4.69, 9.17) is 0 Å². The Hall–Kier alpha value is -1.87. The van der Waals surface area contributed by atoms with Crippen LogP contribution in [0.15, 0.2) is 58.7 Å². The monoisotopic (exact) mass is 527 g/mol. The van der Waals surface area contributed by atoms with Crippen molar-refractivity contribution in [1.82, 2.24) is 0 Å². The predicted molar refractivity (Wildman–Crippen MR) is 166 cm³/mol. The highest BCUT2D eigenvalue weighted by Gasteiger charge is 2.26. The summed E-state index contributed by atoms with van der Waals surface area (Å²) in [6.07, 6.45) is 29.2. The maximum atomic E-state index is 10.4. The first-order valence-electron chi connectivity index (χ1n) is 15.2. The second kappa shape index (κ2) is 20.1. The van der Waals surface area contributed by atoms with E-state index in [1.165, 1.54) is 101 Å². The molecule has 0 saturated heterocycles. The SMILES string of the molecule is CC1=C(/C=C/C(C)=C/C=C/C(C)=C/C(=O)[O-])C(C)(C)CCC1.CCCCCCCCCCCC[N+](C)(C)C. The zero-order valence-corrected chi connectivity index (χ0v) is 26.6. The van der Waals surface area contributed by atoms with Crippen LogP contribution in [0.3, 0.4) is 0 Å². The van der Waals surface area contributed by atoms with E-state index in [-0.39, 0.29) is 5.41 Å². The summed E-state index contributed by atoms with van der Waals surface area (Å²) in [5.74, 6) is -1.16. The largest absolute Gasteiger partial charge is 0.545 e. The molecule has 0 aromatic carbocycles. The number of quaternary nitrogens is 1. The van der Waals surface area contributed by atoms with Gasteiger partial charge in [-0.25, -0.2) is 0 Å². The quantitative estimate of drug-likeness (QED) is 0.0870. The molecule has 0 radical (unpaired) electrons. The molecule has 1 aliphatic carbocycles. The lowest BCUT2D eigenvalue weighted by Crippen LogP contribution is -2.35. The van der Waals surface area contributed by atoms with Gasteiger partial charge in [-0.2, -0.15) is 0 Å². The van der Waals surface area contributed by atoms with Crippen LogP contribution in [-0.2, 0) is 4.79 Å². The van der Waals surface area contributed by atoms with Crippen molar-refractivity contribution < 1.29 is 14.4 Å². The number of rotatable bonds is 16. The molecule has 0 spiro atoms. The van der Waals surface area contributed by atoms with Gasteiger partial charge in [0.25, 0.3) is 0 Å². The third-order valence-electron chi connectivity index (χ3n) is 7.30. The Morgan fingerprint density at radius 3 is 1.95 bits per heavy atom. The van der Waals surface area contributed by atoms with Crippen molar-refractivity contribution in [2.24, 2.45) is 5.41 Å². The van der Waals surface area contributed by atoms with Crippen LogP contribution in [0.4, 0.5) is 0 Å². The Bertz CT molecular complexity index is 815. The van der Waals surface area contributed by atoms with E-state index in [1.807, 2.05) is 19.1 Å². The molecular weight excluding hydrogens is 466 g/mol. The summed E-state index contributed by atoms with van der Waals surface area (Å²) in [5, 5.41) is 10.4. The van der Waals surface area contributed by atoms with Crippen molar-refractivity contribution in [2.45, 2.75) is 125 Å². The highest BCUT2D eigenvalue weighted by Crippen LogP contribution is 2.40. The third kappa shape index (κ3) is 20.1. The van der Waals surface area contributed by atoms with Gasteiger partial charge in [0.05, 0.1) is 33.7 Å². The van der Waals surface area contributed by atoms with Gasteiger partial charge in [0.1, 0.15) is 0 Å². The van der Waals surface area contributed by atoms with Crippen LogP contribution < -0.4 is 5.11 Å². The Kier molecular flexibility index (Phi) is 19.1. The molecule has 0 aromatic heterocycles. The summed E-state index contributed by atoms with van der Waals surface area (Å²) in [6, 6.07) is 0. The molecular formula is C35H61NO2. The average Bonchev–Trinajstić information content (AvgIpc) is 2.79. The fraction of sp³-hybridized carbons (Fsp3) is 0.686. The van der Waals surface area contributed by atoms with Crippen molar-refractivity contribution in [3.05, 3.63) is 58.7 Å². The topological polar surface area (TPSA) is 40.1 Å². The Morgan fingerprint density at radius 1 is 0.895 bits per heavy atom. The second-order valence-electron chi connectivity index (χ2n) is 12.9. The maximum Gasteiger partial charge on any atom is 0.0780 e. The first-order valence-corrected chi connectivity index (χ1v) is 15.2. The van der Waals surface area contributed by atoms with Gasteiger partial charge in [0.15, 0.2) is 0 Å². The Morgan fingerprint density at radius 2 is 1.45 bits per heavy atom. The number of nitrogens with zero attached hydrogens (tertiary/aromatic N) is 1. The summed E-state index contributed by atoms with van der Waals surface area (Å²) in [4.78, 5) is 10.4. The zero-order valence-electron chi connectivity index (χ0n) is 26.6. The van der Waals surface area contributed by atoms with Crippen molar-refractivity contribution in [3.63, 3.8) is 0 Å². The number of unbranched alkanes of at least 4 members (excludes halogenated alkanes) is 9. The molecule has 3 nitrogen and oxygen atoms in total. The van der Waals surface area contributed by atoms with E-state index in [1.54, 1.807) is 13.0 Å². The standard InChI is InChI=1S/C20H28O2.C15H34N/c1-15(8-6-9-16(2)14-19(21)22)11-12-18-17(3)10-7-13-20(18,4)5;1-5-6-7-8-9-10-11-12-13-14-15-16(2,3)4/h6,8-9,11-12,14H,7,10,13H2,1-5H3,(H,21,22);5-15H2,1-4H3/q;+1/p-1/b9-6+,12-11+,15-8+,16-14+;. The molecule has 0 fully saturated rings. The molecule has 0 aliphatic heterocycles. The van der Waals surface area contributed by atoms with Gasteiger partial charge in [-0.1, -0.05) is 114 Å². The van der Waals surface area contributed by atoms with E-state index in [9.17, 15) is 9.90 Å². The van der Waals surface area contributed by atoms with Gasteiger partial charge >= 0.3 is 0 Å². The molecule has 0 N–H and O–H groups in total. The van der Waals surface area contributed by atoms with Gasteiger partial charge < -0.3 is 14.4 Å². The minimum absolute atomic E-state index is 0.253. The van der Waals surface area contributed by atoms with Gasteiger partial charge in [-0.15, -0.1) is 0 Å². The van der Waals surface area contributed by atoms with Gasteiger partial charge in [-0.05, 0) is 75.5 Å². The van der Waals surface area contributed by atoms with Crippen molar-refractivity contribution in [3.8, 4) is 0 Å². The molecule has 0 bridgehead atoms. The van der Waals surface area contributed by atoms with Crippen LogP contribution in [0.5, 0.6) is 0 Å². The van der Waals surface area contributed by atoms with Gasteiger partial charge in [0, 0.05) is 0 Å². The summed E-state index contributed by atoms with van der Waals surface area (Å²) < 4.78 is 1.12. The number of carboxylic acids is 1. The van der Waals surface area contributed by atoms with E-state index < -0.39 is 5.97 Å². The van der Waals surface area contributed by atoms with Crippen LogP contribution in [0, 0.1) is 5.41 Å². The summed E-state index contributed by atoms with van der Waals surface area (Å²) in [7, 11) is 6.86. The fourth-order valence-corrected chi connectivity index (χ4v) is 4.94. The smallest absolute Gasteiger partial charge is 0.0780 e. The molecule has 38 heavy (non-hydrogen) atoms. The normalized spacial score (nSPS) is 16.8. The molecule has 1 aliphatic rings. The molecule has 1 rings (SSSR count). The minimum Gasteiger partial charge on any atom is -0.545 e. The number of carboxylic acid groups (broad SMARTS) is 1. The molecule has 218 valence electrons. The Balaban J connectivity index is 0.000000761. The average molecular weight is 528 g/mol. The third-order valence-corrected chi connectivity index (χ3v) is 7.30. The molecule has 0 amide bonds. The van der Waals surface area contributed by atoms with Crippen LogP contribution in [0.1, 0.15) is 125 Å². The van der Waals surface area contributed by atoms with Crippen LogP contribution in [0.25, 0.3) is 0 Å². The first kappa shape index (κ1) is 36.1. The van der Waals surface area contributed by atoms with Crippen LogP contribution >= 0.6 is 0 Å². The molecule has 0 atom stereocenters. The first-order chi connectivity index (χ1) is 17.8. The van der Waals surface area contributed by atoms with E-state index in [2.05, 4.69) is 61.0 Å². The lowest BCUT2D eigenvalue weighted by molar-refractivity contribution is -0.870. The highest BCUT2D eigenvalue weighted by atomic mass is 16.4. The number of carbonyl (C=O) groups excluding carboxylic acids is 1. The van der Waals surface area contributed by atoms with Crippen molar-refractivity contribution in [2.75, 3.05) is 27.7 Å². The van der Waals surface area contributed by atoms with E-state index in [0.29, 0.717) is 5.57 Å². The highest BCUT2D eigenvalue weighted by molar-refractivity contribution is 5.79. The van der Waals surface area contributed by atoms with Crippen molar-refractivity contribution in [1.29, 1.82) is 0 Å². The predicted octanol–water partition coefficient (Wildman–Crippen LogP) is 8.88. The summed E-state index contributed by atoms with van der Waals surface area (Å²) in [6.45, 7) is 14.2. The molecule has 3 heteroatoms. The Labute approximate surface area is 237 Å². The number of aliphatic carboxylic acids is 1. The molecule has 0 unspecified atom stereocenters. The zero-order chi connectivity index (χ0) is 29.0. The number of hydrogen-bond acceptors (Lipinski definition) is 2. The molecule has 0 heterocycles. The van der Waals surface area contributed by atoms with E-state index in [0.717, 1.165) is 16.1 Å². The van der Waals surface area contributed by atoms with Crippen molar-refractivity contribution >= 4 is 5.97 Å². The molecule has 0 aromatic rings. The number of allylic oxidation sites excluding steroid dienone is 9. The maximum absolute atomic E-state index is 10.4. The lowest BCUT2D eigenvalue weighted by atomic mass is 9.72. The van der Waals surface area contributed by atoms with Gasteiger partial charge in [-0.3, -0.25) is 0 Å². The number of carbonyl (C=O) groups is 1. The fourth-order valence-electron chi connectivity index (χ4n) is 4.94. The summed E-state index contributed by atoms with van der Waals surface area (Å²) in [5.41, 5.74) is 4.99. The summed E-state index contributed by atoms with van der Waals surface area (Å²) >= 11 is 0.